The van der Waals surface area contributed by atoms with Gasteiger partial charge >= 0.3 is 0 Å². The number of halogens is 4. The molecule has 6 heteroatoms. The molecule has 2 rings (SSSR count). The maximum Gasteiger partial charge on any atom is 0.261 e. The predicted molar refractivity (Wildman–Crippen MR) is 70.8 cm³/mol. The van der Waals surface area contributed by atoms with Gasteiger partial charge < -0.3 is 5.32 Å². The zero-order valence-corrected chi connectivity index (χ0v) is 10.9. The van der Waals surface area contributed by atoms with Crippen LogP contribution in [0, 0.1) is 11.6 Å². The lowest BCUT2D eigenvalue weighted by Gasteiger charge is -2.08. The van der Waals surface area contributed by atoms with Gasteiger partial charge in [0.1, 0.15) is 17.2 Å². The van der Waals surface area contributed by atoms with Crippen LogP contribution in [0.2, 0.25) is 10.0 Å². The SMILES string of the molecule is O=C(Nc1ccc(Cl)cc1Cl)c1c(F)cccc1F. The van der Waals surface area contributed by atoms with E-state index in [1.165, 1.54) is 24.3 Å². The molecule has 98 valence electrons. The lowest BCUT2D eigenvalue weighted by molar-refractivity contribution is 0.101. The molecule has 0 aliphatic heterocycles. The number of nitrogens with one attached hydrogen (secondary N) is 1. The third-order valence-corrected chi connectivity index (χ3v) is 2.92. The molecule has 2 aromatic carbocycles. The van der Waals surface area contributed by atoms with E-state index in [1.54, 1.807) is 0 Å². The Balaban J connectivity index is 2.31. The van der Waals surface area contributed by atoms with Crippen LogP contribution in [0.4, 0.5) is 14.5 Å². The smallest absolute Gasteiger partial charge is 0.261 e. The zero-order valence-electron chi connectivity index (χ0n) is 9.38. The molecule has 0 saturated heterocycles. The van der Waals surface area contributed by atoms with E-state index >= 15 is 0 Å². The largest absolute Gasteiger partial charge is 0.320 e. The van der Waals surface area contributed by atoms with E-state index in [2.05, 4.69) is 5.32 Å². The first-order valence-electron chi connectivity index (χ1n) is 5.19. The minimum atomic E-state index is -0.942. The second kappa shape index (κ2) is 5.55. The summed E-state index contributed by atoms with van der Waals surface area (Å²) in [6.45, 7) is 0. The monoisotopic (exact) mass is 301 g/mol. The quantitative estimate of drug-likeness (QED) is 0.868. The Bertz CT molecular complexity index is 626. The van der Waals surface area contributed by atoms with Crippen molar-refractivity contribution in [3.05, 3.63) is 63.6 Å². The van der Waals surface area contributed by atoms with Gasteiger partial charge in [-0.25, -0.2) is 8.78 Å². The molecule has 1 N–H and O–H groups in total. The maximum absolute atomic E-state index is 13.4. The summed E-state index contributed by atoms with van der Waals surface area (Å²) < 4.78 is 26.8. The molecule has 0 atom stereocenters. The molecule has 2 aromatic rings. The average Bonchev–Trinajstić information content (AvgIpc) is 2.32. The molecule has 1 amide bonds. The van der Waals surface area contributed by atoms with Crippen molar-refractivity contribution in [3.8, 4) is 0 Å². The van der Waals surface area contributed by atoms with Crippen LogP contribution in [-0.4, -0.2) is 5.91 Å². The van der Waals surface area contributed by atoms with Gasteiger partial charge in [0.15, 0.2) is 0 Å². The van der Waals surface area contributed by atoms with E-state index < -0.39 is 23.1 Å². The first-order chi connectivity index (χ1) is 8.99. The summed E-state index contributed by atoms with van der Waals surface area (Å²) >= 11 is 11.6. The highest BCUT2D eigenvalue weighted by molar-refractivity contribution is 6.36. The molecule has 0 spiro atoms. The average molecular weight is 302 g/mol. The van der Waals surface area contributed by atoms with Crippen molar-refractivity contribution in [2.45, 2.75) is 0 Å². The summed E-state index contributed by atoms with van der Waals surface area (Å²) in [5.41, 5.74) is -0.438. The van der Waals surface area contributed by atoms with Crippen LogP contribution in [0.1, 0.15) is 10.4 Å². The standard InChI is InChI=1S/C13H7Cl2F2NO/c14-7-4-5-11(8(15)6-7)18-13(19)12-9(16)2-1-3-10(12)17/h1-6H,(H,18,19). The lowest BCUT2D eigenvalue weighted by atomic mass is 10.2. The van der Waals surface area contributed by atoms with Gasteiger partial charge in [0.2, 0.25) is 0 Å². The Morgan fingerprint density at radius 1 is 1.05 bits per heavy atom. The van der Waals surface area contributed by atoms with Crippen molar-refractivity contribution >= 4 is 34.8 Å². The van der Waals surface area contributed by atoms with E-state index in [0.29, 0.717) is 5.02 Å². The first-order valence-corrected chi connectivity index (χ1v) is 5.95. The number of hydrogen-bond acceptors (Lipinski definition) is 1. The van der Waals surface area contributed by atoms with E-state index in [4.69, 9.17) is 23.2 Å². The van der Waals surface area contributed by atoms with Crippen LogP contribution in [-0.2, 0) is 0 Å². The van der Waals surface area contributed by atoms with Crippen LogP contribution in [0.15, 0.2) is 36.4 Å². The predicted octanol–water partition coefficient (Wildman–Crippen LogP) is 4.52. The maximum atomic E-state index is 13.4. The Morgan fingerprint density at radius 2 is 1.68 bits per heavy atom. The van der Waals surface area contributed by atoms with Crippen molar-refractivity contribution in [2.75, 3.05) is 5.32 Å². The molecule has 0 aromatic heterocycles. The number of benzene rings is 2. The topological polar surface area (TPSA) is 29.1 Å². The van der Waals surface area contributed by atoms with Crippen LogP contribution in [0.25, 0.3) is 0 Å². The lowest BCUT2D eigenvalue weighted by Crippen LogP contribution is -2.16. The summed E-state index contributed by atoms with van der Waals surface area (Å²) in [5.74, 6) is -2.80. The third-order valence-electron chi connectivity index (χ3n) is 2.37. The van der Waals surface area contributed by atoms with Crippen molar-refractivity contribution < 1.29 is 13.6 Å². The van der Waals surface area contributed by atoms with Crippen LogP contribution < -0.4 is 5.32 Å². The fourth-order valence-corrected chi connectivity index (χ4v) is 1.95. The molecule has 0 saturated carbocycles. The van der Waals surface area contributed by atoms with Gasteiger partial charge in [0.25, 0.3) is 5.91 Å². The Kier molecular flexibility index (Phi) is 4.02. The second-order valence-corrected chi connectivity index (χ2v) is 4.52. The van der Waals surface area contributed by atoms with E-state index in [-0.39, 0.29) is 10.7 Å². The molecule has 0 heterocycles. The highest BCUT2D eigenvalue weighted by Crippen LogP contribution is 2.26. The van der Waals surface area contributed by atoms with Gasteiger partial charge in [-0.2, -0.15) is 0 Å². The highest BCUT2D eigenvalue weighted by atomic mass is 35.5. The fourth-order valence-electron chi connectivity index (χ4n) is 1.49. The molecule has 0 aliphatic carbocycles. The summed E-state index contributed by atoms with van der Waals surface area (Å²) in [5, 5.41) is 2.89. The molecular formula is C13H7Cl2F2NO. The molecule has 2 nitrogen and oxygen atoms in total. The van der Waals surface area contributed by atoms with Gasteiger partial charge in [0, 0.05) is 5.02 Å². The molecule has 0 fully saturated rings. The minimum absolute atomic E-state index is 0.178. The number of anilines is 1. The van der Waals surface area contributed by atoms with Gasteiger partial charge in [-0.15, -0.1) is 0 Å². The van der Waals surface area contributed by atoms with Crippen molar-refractivity contribution in [1.82, 2.24) is 0 Å². The highest BCUT2D eigenvalue weighted by Gasteiger charge is 2.17. The van der Waals surface area contributed by atoms with Gasteiger partial charge in [-0.3, -0.25) is 4.79 Å². The third kappa shape index (κ3) is 3.03. The number of hydrogen-bond donors (Lipinski definition) is 1. The first kappa shape index (κ1) is 13.8. The van der Waals surface area contributed by atoms with Crippen LogP contribution in [0.5, 0.6) is 0 Å². The second-order valence-electron chi connectivity index (χ2n) is 3.67. The number of carbonyl (C=O) groups excluding carboxylic acids is 1. The van der Waals surface area contributed by atoms with Gasteiger partial charge in [-0.05, 0) is 30.3 Å². The molecule has 0 aliphatic rings. The van der Waals surface area contributed by atoms with Crippen molar-refractivity contribution in [3.63, 3.8) is 0 Å². The fraction of sp³-hybridized carbons (Fsp3) is 0. The van der Waals surface area contributed by atoms with Gasteiger partial charge in [0.05, 0.1) is 10.7 Å². The molecule has 19 heavy (non-hydrogen) atoms. The van der Waals surface area contributed by atoms with Crippen LogP contribution in [0.3, 0.4) is 0 Å². The van der Waals surface area contributed by atoms with E-state index in [1.807, 2.05) is 0 Å². The molecule has 0 unspecified atom stereocenters. The Morgan fingerprint density at radius 3 is 2.26 bits per heavy atom. The summed E-state index contributed by atoms with van der Waals surface area (Å²) in [4.78, 5) is 11.8. The number of amides is 1. The number of carbonyl (C=O) groups is 1. The Labute approximate surface area is 118 Å². The molecule has 0 bridgehead atoms. The van der Waals surface area contributed by atoms with Gasteiger partial charge in [-0.1, -0.05) is 29.3 Å². The normalized spacial score (nSPS) is 10.3. The van der Waals surface area contributed by atoms with Crippen molar-refractivity contribution in [2.24, 2.45) is 0 Å². The van der Waals surface area contributed by atoms with Crippen molar-refractivity contribution in [1.29, 1.82) is 0 Å². The minimum Gasteiger partial charge on any atom is -0.320 e. The summed E-state index contributed by atoms with van der Waals surface area (Å²) in [7, 11) is 0. The summed E-state index contributed by atoms with van der Waals surface area (Å²) in [6, 6.07) is 7.54. The molecule has 0 radical (unpaired) electrons. The van der Waals surface area contributed by atoms with Crippen LogP contribution >= 0.6 is 23.2 Å². The zero-order chi connectivity index (χ0) is 14.0. The van der Waals surface area contributed by atoms with E-state index in [9.17, 15) is 13.6 Å². The number of rotatable bonds is 2. The Hall–Kier alpha value is -1.65. The van der Waals surface area contributed by atoms with E-state index in [0.717, 1.165) is 12.1 Å². The summed E-state index contributed by atoms with van der Waals surface area (Å²) in [6.07, 6.45) is 0. The molecular weight excluding hydrogens is 295 g/mol.